The molecule has 0 saturated heterocycles. The highest BCUT2D eigenvalue weighted by Crippen LogP contribution is 2.18. The van der Waals surface area contributed by atoms with Crippen molar-refractivity contribution in [3.63, 3.8) is 0 Å². The average molecular weight is 274 g/mol. The molecule has 2 rings (SSSR count). The number of benzene rings is 1. The van der Waals surface area contributed by atoms with Crippen molar-refractivity contribution in [1.82, 2.24) is 9.97 Å². The summed E-state index contributed by atoms with van der Waals surface area (Å²) in [5, 5.41) is 0.705. The first kappa shape index (κ1) is 13.9. The molecule has 0 fully saturated rings. The molecule has 1 aromatic carbocycles. The maximum Gasteiger partial charge on any atom is 0.251 e. The number of aromatic nitrogens is 2. The Morgan fingerprint density at radius 2 is 2.00 bits per heavy atom. The van der Waals surface area contributed by atoms with Crippen molar-refractivity contribution in [3.05, 3.63) is 57.5 Å². The highest BCUT2D eigenvalue weighted by Gasteiger charge is 2.02. The molecule has 1 N–H and O–H groups in total. The maximum atomic E-state index is 11.5. The molecular weight excluding hydrogens is 256 g/mol. The predicted octanol–water partition coefficient (Wildman–Crippen LogP) is 3.32. The van der Waals surface area contributed by atoms with E-state index in [4.69, 9.17) is 0 Å². The van der Waals surface area contributed by atoms with Crippen molar-refractivity contribution >= 4 is 11.8 Å². The predicted molar refractivity (Wildman–Crippen MR) is 79.6 cm³/mol. The lowest BCUT2D eigenvalue weighted by atomic mass is 10.2. The van der Waals surface area contributed by atoms with Gasteiger partial charge in [-0.15, -0.1) is 0 Å². The van der Waals surface area contributed by atoms with Gasteiger partial charge in [-0.3, -0.25) is 4.79 Å². The van der Waals surface area contributed by atoms with Crippen LogP contribution in [-0.4, -0.2) is 9.97 Å². The van der Waals surface area contributed by atoms with Crippen LogP contribution < -0.4 is 5.56 Å². The van der Waals surface area contributed by atoms with Gasteiger partial charge in [-0.1, -0.05) is 54.9 Å². The van der Waals surface area contributed by atoms with E-state index in [1.54, 1.807) is 17.8 Å². The van der Waals surface area contributed by atoms with E-state index >= 15 is 0 Å². The lowest BCUT2D eigenvalue weighted by Gasteiger charge is -2.04. The summed E-state index contributed by atoms with van der Waals surface area (Å²) in [6.45, 7) is 4.16. The molecule has 0 saturated carbocycles. The summed E-state index contributed by atoms with van der Waals surface area (Å²) in [5.41, 5.74) is 3.30. The Balaban J connectivity index is 2.06. The Morgan fingerprint density at radius 3 is 2.68 bits per heavy atom. The number of thioether (sulfide) groups is 1. The second kappa shape index (κ2) is 6.57. The number of H-pyrrole nitrogens is 1. The van der Waals surface area contributed by atoms with Gasteiger partial charge >= 0.3 is 0 Å². The number of nitrogens with zero attached hydrogens (tertiary/aromatic N) is 1. The van der Waals surface area contributed by atoms with Gasteiger partial charge in [0.05, 0.1) is 0 Å². The fourth-order valence-electron chi connectivity index (χ4n) is 1.77. The van der Waals surface area contributed by atoms with E-state index in [0.29, 0.717) is 5.16 Å². The fraction of sp³-hybridized carbons (Fsp3) is 0.333. The first-order chi connectivity index (χ1) is 9.17. The van der Waals surface area contributed by atoms with Gasteiger partial charge in [0.25, 0.3) is 5.56 Å². The van der Waals surface area contributed by atoms with Gasteiger partial charge in [0.2, 0.25) is 0 Å². The van der Waals surface area contributed by atoms with Crippen molar-refractivity contribution in [1.29, 1.82) is 0 Å². The number of rotatable bonds is 5. The molecule has 3 nitrogen and oxygen atoms in total. The zero-order valence-corrected chi connectivity index (χ0v) is 12.1. The van der Waals surface area contributed by atoms with Gasteiger partial charge < -0.3 is 4.98 Å². The third-order valence-electron chi connectivity index (χ3n) is 2.78. The highest BCUT2D eigenvalue weighted by molar-refractivity contribution is 7.98. The molecule has 100 valence electrons. The van der Waals surface area contributed by atoms with E-state index in [0.717, 1.165) is 24.3 Å². The van der Waals surface area contributed by atoms with E-state index in [1.807, 2.05) is 0 Å². The van der Waals surface area contributed by atoms with E-state index in [1.165, 1.54) is 11.1 Å². The molecule has 0 aliphatic heterocycles. The summed E-state index contributed by atoms with van der Waals surface area (Å²) >= 11 is 1.57. The minimum Gasteiger partial charge on any atom is -0.301 e. The average Bonchev–Trinajstić information content (AvgIpc) is 2.38. The van der Waals surface area contributed by atoms with Crippen molar-refractivity contribution in [3.8, 4) is 0 Å². The summed E-state index contributed by atoms with van der Waals surface area (Å²) in [5.74, 6) is 0.818. The van der Waals surface area contributed by atoms with E-state index < -0.39 is 0 Å². The third kappa shape index (κ3) is 4.24. The second-order valence-electron chi connectivity index (χ2n) is 4.57. The summed E-state index contributed by atoms with van der Waals surface area (Å²) < 4.78 is 0. The van der Waals surface area contributed by atoms with Gasteiger partial charge in [0.1, 0.15) is 0 Å². The van der Waals surface area contributed by atoms with Crippen LogP contribution in [0.2, 0.25) is 0 Å². The van der Waals surface area contributed by atoms with Gasteiger partial charge in [-0.05, 0) is 18.9 Å². The van der Waals surface area contributed by atoms with Crippen LogP contribution >= 0.6 is 11.8 Å². The summed E-state index contributed by atoms with van der Waals surface area (Å²) in [4.78, 5) is 18.8. The summed E-state index contributed by atoms with van der Waals surface area (Å²) in [7, 11) is 0. The van der Waals surface area contributed by atoms with Crippen LogP contribution in [0.1, 0.15) is 30.2 Å². The Morgan fingerprint density at radius 1 is 1.26 bits per heavy atom. The van der Waals surface area contributed by atoms with Gasteiger partial charge in [0, 0.05) is 17.5 Å². The topological polar surface area (TPSA) is 45.8 Å². The minimum absolute atomic E-state index is 0.0649. The highest BCUT2D eigenvalue weighted by atomic mass is 32.2. The van der Waals surface area contributed by atoms with E-state index in [9.17, 15) is 4.79 Å². The smallest absolute Gasteiger partial charge is 0.251 e. The Bertz CT molecular complexity index is 590. The molecule has 19 heavy (non-hydrogen) atoms. The monoisotopic (exact) mass is 274 g/mol. The number of nitrogens with one attached hydrogen (secondary N) is 1. The number of aromatic amines is 1. The lowest BCUT2D eigenvalue weighted by Crippen LogP contribution is -2.09. The van der Waals surface area contributed by atoms with Crippen LogP contribution in [0, 0.1) is 6.92 Å². The molecule has 0 unspecified atom stereocenters. The largest absolute Gasteiger partial charge is 0.301 e. The molecule has 2 aromatic rings. The molecule has 1 aromatic heterocycles. The number of aryl methyl sites for hydroxylation is 2. The van der Waals surface area contributed by atoms with Crippen LogP contribution in [0.25, 0.3) is 0 Å². The maximum absolute atomic E-state index is 11.5. The van der Waals surface area contributed by atoms with Crippen LogP contribution in [0.4, 0.5) is 0 Å². The van der Waals surface area contributed by atoms with Gasteiger partial charge in [-0.25, -0.2) is 4.98 Å². The normalized spacial score (nSPS) is 10.6. The number of hydrogen-bond acceptors (Lipinski definition) is 3. The molecule has 0 radical (unpaired) electrons. The molecule has 0 bridgehead atoms. The van der Waals surface area contributed by atoms with Crippen LogP contribution in [-0.2, 0) is 12.2 Å². The molecular formula is C15H18N2OS. The van der Waals surface area contributed by atoms with Crippen LogP contribution in [0.15, 0.2) is 40.3 Å². The van der Waals surface area contributed by atoms with Crippen molar-refractivity contribution in [2.24, 2.45) is 0 Å². The number of hydrogen-bond donors (Lipinski definition) is 1. The molecule has 0 atom stereocenters. The van der Waals surface area contributed by atoms with E-state index in [2.05, 4.69) is 48.1 Å². The second-order valence-corrected chi connectivity index (χ2v) is 5.53. The third-order valence-corrected chi connectivity index (χ3v) is 3.72. The Kier molecular flexibility index (Phi) is 4.80. The van der Waals surface area contributed by atoms with Crippen molar-refractivity contribution in [2.75, 3.05) is 0 Å². The first-order valence-corrected chi connectivity index (χ1v) is 7.44. The zero-order valence-electron chi connectivity index (χ0n) is 11.3. The standard InChI is InChI=1S/C15H18N2OS/c1-3-4-13-9-14(18)17-15(16-13)19-10-12-7-5-11(2)6-8-12/h5-9H,3-4,10H2,1-2H3,(H,16,17,18). The zero-order chi connectivity index (χ0) is 13.7. The fourth-order valence-corrected chi connectivity index (χ4v) is 2.62. The minimum atomic E-state index is -0.0649. The molecule has 0 amide bonds. The Labute approximate surface area is 117 Å². The molecule has 4 heteroatoms. The Hall–Kier alpha value is -1.55. The van der Waals surface area contributed by atoms with Crippen LogP contribution in [0.5, 0.6) is 0 Å². The van der Waals surface area contributed by atoms with Crippen molar-refractivity contribution < 1.29 is 0 Å². The van der Waals surface area contributed by atoms with Crippen LogP contribution in [0.3, 0.4) is 0 Å². The van der Waals surface area contributed by atoms with Gasteiger partial charge in [-0.2, -0.15) is 0 Å². The quantitative estimate of drug-likeness (QED) is 0.672. The lowest BCUT2D eigenvalue weighted by molar-refractivity contribution is 0.816. The molecule has 0 spiro atoms. The summed E-state index contributed by atoms with van der Waals surface area (Å²) in [6.07, 6.45) is 1.85. The first-order valence-electron chi connectivity index (χ1n) is 6.46. The molecule has 0 aliphatic rings. The van der Waals surface area contributed by atoms with Crippen molar-refractivity contribution in [2.45, 2.75) is 37.6 Å². The molecule has 1 heterocycles. The van der Waals surface area contributed by atoms with E-state index in [-0.39, 0.29) is 5.56 Å². The summed E-state index contributed by atoms with van der Waals surface area (Å²) in [6, 6.07) is 9.99. The molecule has 0 aliphatic carbocycles. The van der Waals surface area contributed by atoms with Gasteiger partial charge in [0.15, 0.2) is 5.16 Å². The SMILES string of the molecule is CCCc1cc(=O)[nH]c(SCc2ccc(C)cc2)n1.